The van der Waals surface area contributed by atoms with Gasteiger partial charge in [0.1, 0.15) is 0 Å². The minimum absolute atomic E-state index is 0.307. The van der Waals surface area contributed by atoms with Crippen molar-refractivity contribution in [2.24, 2.45) is 11.3 Å². The number of rotatable bonds is 7. The average molecular weight is 273 g/mol. The quantitative estimate of drug-likeness (QED) is 0.746. The van der Waals surface area contributed by atoms with E-state index in [-0.39, 0.29) is 0 Å². The summed E-state index contributed by atoms with van der Waals surface area (Å²) in [7, 11) is 0. The standard InChI is InChI=1S/C15H31NOS/c1-5-15(3,4)12-7-8-13(16-6-2)14(11-12)18-10-9-17/h12-14,16-17H,5-11H2,1-4H3. The van der Waals surface area contributed by atoms with E-state index in [0.717, 1.165) is 18.2 Å². The first-order valence-corrected chi connectivity index (χ1v) is 8.55. The second-order valence-electron chi connectivity index (χ2n) is 6.15. The number of thioether (sulfide) groups is 1. The summed E-state index contributed by atoms with van der Waals surface area (Å²) in [5.74, 6) is 1.72. The topological polar surface area (TPSA) is 32.3 Å². The Labute approximate surface area is 117 Å². The van der Waals surface area contributed by atoms with Gasteiger partial charge in [-0.25, -0.2) is 0 Å². The predicted octanol–water partition coefficient (Wildman–Crippen LogP) is 3.29. The van der Waals surface area contributed by atoms with E-state index < -0.39 is 0 Å². The third kappa shape index (κ3) is 4.43. The van der Waals surface area contributed by atoms with Crippen LogP contribution in [0.25, 0.3) is 0 Å². The molecule has 0 aromatic heterocycles. The van der Waals surface area contributed by atoms with Crippen LogP contribution in [0.15, 0.2) is 0 Å². The molecule has 1 saturated carbocycles. The number of nitrogens with one attached hydrogen (secondary N) is 1. The lowest BCUT2D eigenvalue weighted by Gasteiger charge is -2.43. The average Bonchev–Trinajstić information content (AvgIpc) is 2.37. The molecule has 1 fully saturated rings. The van der Waals surface area contributed by atoms with Crippen LogP contribution in [-0.4, -0.2) is 35.3 Å². The Kier molecular flexibility index (Phi) is 7.04. The number of hydrogen-bond donors (Lipinski definition) is 2. The first-order valence-electron chi connectivity index (χ1n) is 7.51. The molecule has 0 heterocycles. The second-order valence-corrected chi connectivity index (χ2v) is 7.50. The number of hydrogen-bond acceptors (Lipinski definition) is 3. The van der Waals surface area contributed by atoms with Crippen LogP contribution in [0.4, 0.5) is 0 Å². The zero-order chi connectivity index (χ0) is 13.6. The van der Waals surface area contributed by atoms with E-state index in [1.165, 1.54) is 25.7 Å². The molecular formula is C15H31NOS. The molecule has 2 nitrogen and oxygen atoms in total. The molecule has 0 amide bonds. The van der Waals surface area contributed by atoms with Crippen LogP contribution in [0, 0.1) is 11.3 Å². The van der Waals surface area contributed by atoms with Gasteiger partial charge in [0, 0.05) is 17.0 Å². The molecule has 3 atom stereocenters. The highest BCUT2D eigenvalue weighted by atomic mass is 32.2. The van der Waals surface area contributed by atoms with Gasteiger partial charge < -0.3 is 10.4 Å². The van der Waals surface area contributed by atoms with Crippen LogP contribution in [0.3, 0.4) is 0 Å². The fourth-order valence-electron chi connectivity index (χ4n) is 3.01. The van der Waals surface area contributed by atoms with Gasteiger partial charge in [-0.1, -0.05) is 34.1 Å². The van der Waals surface area contributed by atoms with Crippen molar-refractivity contribution in [3.05, 3.63) is 0 Å². The second kappa shape index (κ2) is 7.76. The van der Waals surface area contributed by atoms with Crippen molar-refractivity contribution in [1.82, 2.24) is 5.32 Å². The SMILES string of the molecule is CCNC1CCC(C(C)(C)CC)CC1SCCO. The van der Waals surface area contributed by atoms with Crippen molar-refractivity contribution in [2.45, 2.75) is 64.7 Å². The molecule has 0 aromatic rings. The summed E-state index contributed by atoms with van der Waals surface area (Å²) in [5, 5.41) is 13.4. The van der Waals surface area contributed by atoms with Crippen molar-refractivity contribution in [1.29, 1.82) is 0 Å². The largest absolute Gasteiger partial charge is 0.396 e. The van der Waals surface area contributed by atoms with E-state index in [1.54, 1.807) is 0 Å². The Morgan fingerprint density at radius 2 is 2.00 bits per heavy atom. The molecule has 0 radical (unpaired) electrons. The Hall–Kier alpha value is 0.270. The molecule has 3 unspecified atom stereocenters. The minimum Gasteiger partial charge on any atom is -0.396 e. The van der Waals surface area contributed by atoms with Crippen molar-refractivity contribution < 1.29 is 5.11 Å². The van der Waals surface area contributed by atoms with Crippen molar-refractivity contribution in [3.8, 4) is 0 Å². The fourth-order valence-corrected chi connectivity index (χ4v) is 4.25. The maximum atomic E-state index is 9.04. The lowest BCUT2D eigenvalue weighted by Crippen LogP contribution is -2.45. The summed E-state index contributed by atoms with van der Waals surface area (Å²) < 4.78 is 0. The van der Waals surface area contributed by atoms with Crippen molar-refractivity contribution in [3.63, 3.8) is 0 Å². The molecule has 0 aromatic carbocycles. The van der Waals surface area contributed by atoms with Crippen LogP contribution in [0.2, 0.25) is 0 Å². The molecule has 1 aliphatic carbocycles. The van der Waals surface area contributed by atoms with Gasteiger partial charge in [-0.3, -0.25) is 0 Å². The van der Waals surface area contributed by atoms with E-state index in [2.05, 4.69) is 33.0 Å². The summed E-state index contributed by atoms with van der Waals surface area (Å²) in [5.41, 5.74) is 0.467. The third-order valence-corrected chi connectivity index (χ3v) is 6.07. The van der Waals surface area contributed by atoms with Gasteiger partial charge in [-0.2, -0.15) is 11.8 Å². The third-order valence-electron chi connectivity index (χ3n) is 4.70. The van der Waals surface area contributed by atoms with Gasteiger partial charge in [-0.05, 0) is 37.1 Å². The van der Waals surface area contributed by atoms with Gasteiger partial charge >= 0.3 is 0 Å². The smallest absolute Gasteiger partial charge is 0.0521 e. The van der Waals surface area contributed by atoms with E-state index >= 15 is 0 Å². The molecule has 0 saturated heterocycles. The Bertz CT molecular complexity index is 233. The normalized spacial score (nSPS) is 29.5. The van der Waals surface area contributed by atoms with Gasteiger partial charge in [-0.15, -0.1) is 0 Å². The number of aliphatic hydroxyl groups excluding tert-OH is 1. The zero-order valence-corrected chi connectivity index (χ0v) is 13.4. The van der Waals surface area contributed by atoms with Gasteiger partial charge in [0.05, 0.1) is 6.61 Å². The van der Waals surface area contributed by atoms with E-state index in [1.807, 2.05) is 11.8 Å². The summed E-state index contributed by atoms with van der Waals surface area (Å²) in [6, 6.07) is 0.649. The maximum absolute atomic E-state index is 9.04. The van der Waals surface area contributed by atoms with Crippen LogP contribution >= 0.6 is 11.8 Å². The monoisotopic (exact) mass is 273 g/mol. The molecule has 18 heavy (non-hydrogen) atoms. The van der Waals surface area contributed by atoms with Crippen LogP contribution in [0.1, 0.15) is 53.4 Å². The summed E-state index contributed by atoms with van der Waals surface area (Å²) in [4.78, 5) is 0. The van der Waals surface area contributed by atoms with Gasteiger partial charge in [0.2, 0.25) is 0 Å². The molecule has 0 spiro atoms. The summed E-state index contributed by atoms with van der Waals surface area (Å²) in [6.45, 7) is 10.7. The lowest BCUT2D eigenvalue weighted by molar-refractivity contribution is 0.141. The first kappa shape index (κ1) is 16.3. The lowest BCUT2D eigenvalue weighted by atomic mass is 9.68. The molecule has 0 bridgehead atoms. The van der Waals surface area contributed by atoms with E-state index in [9.17, 15) is 0 Å². The van der Waals surface area contributed by atoms with Crippen molar-refractivity contribution in [2.75, 3.05) is 18.9 Å². The number of aliphatic hydroxyl groups is 1. The Balaban J connectivity index is 2.60. The summed E-state index contributed by atoms with van der Waals surface area (Å²) >= 11 is 1.96. The van der Waals surface area contributed by atoms with Crippen LogP contribution in [0.5, 0.6) is 0 Å². The zero-order valence-electron chi connectivity index (χ0n) is 12.5. The highest BCUT2D eigenvalue weighted by Gasteiger charge is 2.36. The molecular weight excluding hydrogens is 242 g/mol. The van der Waals surface area contributed by atoms with Gasteiger partial charge in [0.15, 0.2) is 0 Å². The molecule has 1 rings (SSSR count). The molecule has 1 aliphatic rings. The highest BCUT2D eigenvalue weighted by molar-refractivity contribution is 7.99. The fraction of sp³-hybridized carbons (Fsp3) is 1.00. The maximum Gasteiger partial charge on any atom is 0.0521 e. The molecule has 108 valence electrons. The first-order chi connectivity index (χ1) is 8.55. The Morgan fingerprint density at radius 3 is 2.56 bits per heavy atom. The molecule has 3 heteroatoms. The highest BCUT2D eigenvalue weighted by Crippen LogP contribution is 2.43. The van der Waals surface area contributed by atoms with Crippen molar-refractivity contribution >= 4 is 11.8 Å². The molecule has 2 N–H and O–H groups in total. The van der Waals surface area contributed by atoms with Crippen LogP contribution < -0.4 is 5.32 Å². The van der Waals surface area contributed by atoms with Gasteiger partial charge in [0.25, 0.3) is 0 Å². The van der Waals surface area contributed by atoms with Crippen LogP contribution in [-0.2, 0) is 0 Å². The van der Waals surface area contributed by atoms with E-state index in [0.29, 0.717) is 23.3 Å². The van der Waals surface area contributed by atoms with E-state index in [4.69, 9.17) is 5.11 Å². The summed E-state index contributed by atoms with van der Waals surface area (Å²) in [6.07, 6.45) is 5.23. The molecule has 0 aliphatic heterocycles. The minimum atomic E-state index is 0.307. The Morgan fingerprint density at radius 1 is 1.28 bits per heavy atom. The predicted molar refractivity (Wildman–Crippen MR) is 82.2 cm³/mol.